The quantitative estimate of drug-likeness (QED) is 0.465. The second-order valence-corrected chi connectivity index (χ2v) is 7.01. The zero-order valence-electron chi connectivity index (χ0n) is 16.5. The van der Waals surface area contributed by atoms with E-state index in [0.29, 0.717) is 11.3 Å². The SMILES string of the molecule is CCc1ccc(C(=O)c2cccn2-c2ccc(CC(=O)[C@H](C)C(=O)O)cc2)cc1. The summed E-state index contributed by atoms with van der Waals surface area (Å²) in [4.78, 5) is 35.9. The van der Waals surface area contributed by atoms with Gasteiger partial charge in [-0.05, 0) is 48.7 Å². The number of carboxylic acids is 1. The summed E-state index contributed by atoms with van der Waals surface area (Å²) < 4.78 is 1.81. The van der Waals surface area contributed by atoms with Crippen LogP contribution in [0.5, 0.6) is 0 Å². The first-order valence-corrected chi connectivity index (χ1v) is 9.56. The molecule has 2 aromatic carbocycles. The van der Waals surface area contributed by atoms with Gasteiger partial charge < -0.3 is 9.67 Å². The minimum Gasteiger partial charge on any atom is -0.481 e. The zero-order valence-corrected chi connectivity index (χ0v) is 16.5. The number of nitrogens with zero attached hydrogens (tertiary/aromatic N) is 1. The normalized spacial score (nSPS) is 11.8. The van der Waals surface area contributed by atoms with Crippen LogP contribution in [0.2, 0.25) is 0 Å². The topological polar surface area (TPSA) is 76.4 Å². The summed E-state index contributed by atoms with van der Waals surface area (Å²) in [5.74, 6) is -2.54. The summed E-state index contributed by atoms with van der Waals surface area (Å²) in [5, 5.41) is 8.95. The summed E-state index contributed by atoms with van der Waals surface area (Å²) in [6, 6.07) is 18.4. The number of aryl methyl sites for hydroxylation is 1. The molecule has 5 nitrogen and oxygen atoms in total. The highest BCUT2D eigenvalue weighted by atomic mass is 16.4. The molecule has 148 valence electrons. The van der Waals surface area contributed by atoms with Gasteiger partial charge in [0.05, 0.1) is 5.69 Å². The molecule has 0 bridgehead atoms. The Labute approximate surface area is 169 Å². The first-order chi connectivity index (χ1) is 13.9. The Morgan fingerprint density at radius 3 is 2.14 bits per heavy atom. The Hall–Kier alpha value is -3.47. The van der Waals surface area contributed by atoms with Gasteiger partial charge in [-0.25, -0.2) is 0 Å². The van der Waals surface area contributed by atoms with Crippen molar-refractivity contribution in [2.24, 2.45) is 5.92 Å². The second-order valence-electron chi connectivity index (χ2n) is 7.01. The molecule has 3 rings (SSSR count). The van der Waals surface area contributed by atoms with Crippen LogP contribution in [0, 0.1) is 5.92 Å². The van der Waals surface area contributed by atoms with Gasteiger partial charge in [0.15, 0.2) is 5.78 Å². The molecule has 0 saturated heterocycles. The van der Waals surface area contributed by atoms with Gasteiger partial charge in [0.25, 0.3) is 0 Å². The van der Waals surface area contributed by atoms with Crippen molar-refractivity contribution in [3.63, 3.8) is 0 Å². The van der Waals surface area contributed by atoms with Gasteiger partial charge in [-0.15, -0.1) is 0 Å². The van der Waals surface area contributed by atoms with Crippen molar-refractivity contribution in [1.82, 2.24) is 4.57 Å². The molecule has 0 amide bonds. The first-order valence-electron chi connectivity index (χ1n) is 9.56. The summed E-state index contributed by atoms with van der Waals surface area (Å²) in [6.07, 6.45) is 2.81. The molecule has 0 aliphatic rings. The van der Waals surface area contributed by atoms with E-state index in [4.69, 9.17) is 5.11 Å². The molecule has 1 N–H and O–H groups in total. The first kappa shape index (κ1) is 20.3. The molecule has 1 heterocycles. The van der Waals surface area contributed by atoms with Crippen LogP contribution in [0.1, 0.15) is 41.0 Å². The summed E-state index contributed by atoms with van der Waals surface area (Å²) in [5.41, 5.74) is 3.90. The molecule has 29 heavy (non-hydrogen) atoms. The van der Waals surface area contributed by atoms with E-state index in [9.17, 15) is 14.4 Å². The summed E-state index contributed by atoms with van der Waals surface area (Å²) in [6.45, 7) is 3.46. The van der Waals surface area contributed by atoms with Crippen molar-refractivity contribution >= 4 is 17.5 Å². The van der Waals surface area contributed by atoms with E-state index in [2.05, 4.69) is 6.92 Å². The molecule has 3 aromatic rings. The Morgan fingerprint density at radius 2 is 1.55 bits per heavy atom. The molecule has 0 aliphatic heterocycles. The van der Waals surface area contributed by atoms with E-state index in [1.54, 1.807) is 18.2 Å². The van der Waals surface area contributed by atoms with Gasteiger partial charge in [0, 0.05) is 23.9 Å². The van der Waals surface area contributed by atoms with Crippen molar-refractivity contribution in [1.29, 1.82) is 0 Å². The zero-order chi connectivity index (χ0) is 21.0. The second kappa shape index (κ2) is 8.69. The van der Waals surface area contributed by atoms with E-state index in [0.717, 1.165) is 17.7 Å². The standard InChI is InChI=1S/C24H23NO4/c1-3-17-6-10-19(11-7-17)23(27)21-5-4-14-25(21)20-12-8-18(9-13-20)15-22(26)16(2)24(28)29/h4-14,16H,3,15H2,1-2H3,(H,28,29)/t16-/m0/s1. The van der Waals surface area contributed by atoms with Crippen LogP contribution in [-0.2, 0) is 22.4 Å². The van der Waals surface area contributed by atoms with E-state index in [1.165, 1.54) is 12.5 Å². The molecular formula is C24H23NO4. The van der Waals surface area contributed by atoms with Crippen molar-refractivity contribution in [2.45, 2.75) is 26.7 Å². The average Bonchev–Trinajstić information content (AvgIpc) is 3.23. The van der Waals surface area contributed by atoms with Gasteiger partial charge in [0.2, 0.25) is 5.78 Å². The Kier molecular flexibility index (Phi) is 6.07. The van der Waals surface area contributed by atoms with Crippen molar-refractivity contribution in [2.75, 3.05) is 0 Å². The summed E-state index contributed by atoms with van der Waals surface area (Å²) >= 11 is 0. The van der Waals surface area contributed by atoms with E-state index in [-0.39, 0.29) is 18.0 Å². The fourth-order valence-corrected chi connectivity index (χ4v) is 3.10. The molecule has 1 aromatic heterocycles. The van der Waals surface area contributed by atoms with Crippen molar-refractivity contribution in [3.05, 3.63) is 89.2 Å². The Bertz CT molecular complexity index is 1030. The van der Waals surface area contributed by atoms with Crippen molar-refractivity contribution < 1.29 is 19.5 Å². The lowest BCUT2D eigenvalue weighted by atomic mass is 9.99. The summed E-state index contributed by atoms with van der Waals surface area (Å²) in [7, 11) is 0. The van der Waals surface area contributed by atoms with Crippen LogP contribution in [0.25, 0.3) is 5.69 Å². The smallest absolute Gasteiger partial charge is 0.313 e. The lowest BCUT2D eigenvalue weighted by Crippen LogP contribution is -2.22. The average molecular weight is 389 g/mol. The third-order valence-corrected chi connectivity index (χ3v) is 5.05. The van der Waals surface area contributed by atoms with Crippen LogP contribution in [-0.4, -0.2) is 27.2 Å². The number of Topliss-reactive ketones (excluding diaryl/α,β-unsaturated/α-hetero) is 1. The highest BCUT2D eigenvalue weighted by Gasteiger charge is 2.20. The number of ketones is 2. The van der Waals surface area contributed by atoms with E-state index in [1.807, 2.05) is 53.2 Å². The molecule has 5 heteroatoms. The molecule has 0 spiro atoms. The molecule has 1 atom stereocenters. The highest BCUT2D eigenvalue weighted by Crippen LogP contribution is 2.18. The lowest BCUT2D eigenvalue weighted by Gasteiger charge is -2.11. The maximum Gasteiger partial charge on any atom is 0.313 e. The molecule has 0 fully saturated rings. The molecule has 0 unspecified atom stereocenters. The predicted molar refractivity (Wildman–Crippen MR) is 111 cm³/mol. The molecule has 0 saturated carbocycles. The van der Waals surface area contributed by atoms with Crippen LogP contribution >= 0.6 is 0 Å². The van der Waals surface area contributed by atoms with Crippen molar-refractivity contribution in [3.8, 4) is 5.69 Å². The minimum absolute atomic E-state index is 0.0628. The fourth-order valence-electron chi connectivity index (χ4n) is 3.10. The monoisotopic (exact) mass is 389 g/mol. The third-order valence-electron chi connectivity index (χ3n) is 5.05. The third kappa shape index (κ3) is 4.51. The van der Waals surface area contributed by atoms with Crippen LogP contribution < -0.4 is 0 Å². The Balaban J connectivity index is 1.80. The predicted octanol–water partition coefficient (Wildman–Crippen LogP) is 4.10. The molecule has 0 aliphatic carbocycles. The highest BCUT2D eigenvalue weighted by molar-refractivity contribution is 6.08. The van der Waals surface area contributed by atoms with E-state index < -0.39 is 11.9 Å². The number of aliphatic carboxylic acids is 1. The number of benzene rings is 2. The number of rotatable bonds is 8. The fraction of sp³-hybridized carbons (Fsp3) is 0.208. The number of hydrogen-bond donors (Lipinski definition) is 1. The Morgan fingerprint density at radius 1 is 0.931 bits per heavy atom. The minimum atomic E-state index is -1.12. The maximum atomic E-state index is 12.9. The van der Waals surface area contributed by atoms with Gasteiger partial charge in [0.1, 0.15) is 5.92 Å². The van der Waals surface area contributed by atoms with Gasteiger partial charge >= 0.3 is 5.97 Å². The number of aromatic nitrogens is 1. The van der Waals surface area contributed by atoms with Gasteiger partial charge in [-0.1, -0.05) is 43.3 Å². The van der Waals surface area contributed by atoms with Gasteiger partial charge in [-0.3, -0.25) is 14.4 Å². The molecule has 0 radical (unpaired) electrons. The molecular weight excluding hydrogens is 366 g/mol. The lowest BCUT2D eigenvalue weighted by molar-refractivity contribution is -0.145. The van der Waals surface area contributed by atoms with E-state index >= 15 is 0 Å². The number of hydrogen-bond acceptors (Lipinski definition) is 3. The van der Waals surface area contributed by atoms with Crippen LogP contribution in [0.15, 0.2) is 66.9 Å². The van der Waals surface area contributed by atoms with Crippen LogP contribution in [0.4, 0.5) is 0 Å². The number of carboxylic acid groups (broad SMARTS) is 1. The largest absolute Gasteiger partial charge is 0.481 e. The number of carbonyl (C=O) groups excluding carboxylic acids is 2. The number of carbonyl (C=O) groups is 3. The van der Waals surface area contributed by atoms with Crippen LogP contribution in [0.3, 0.4) is 0 Å². The maximum absolute atomic E-state index is 12.9. The van der Waals surface area contributed by atoms with Gasteiger partial charge in [-0.2, -0.15) is 0 Å².